The van der Waals surface area contributed by atoms with E-state index in [9.17, 15) is 38.1 Å². The average Bonchev–Trinajstić information content (AvgIpc) is 3.25. The molecule has 2 fully saturated rings. The van der Waals surface area contributed by atoms with E-state index in [1.54, 1.807) is 0 Å². The van der Waals surface area contributed by atoms with Crippen LogP contribution in [0.3, 0.4) is 0 Å². The van der Waals surface area contributed by atoms with Crippen molar-refractivity contribution < 1.29 is 47.5 Å². The average molecular weight is 572 g/mol. The number of amides is 2. The fraction of sp³-hybridized carbons (Fsp3) is 0.368. The van der Waals surface area contributed by atoms with E-state index in [1.165, 1.54) is 18.7 Å². The van der Waals surface area contributed by atoms with E-state index in [-0.39, 0.29) is 32.5 Å². The number of carbonyl (C=O) groups excluding carboxylic acids is 2. The van der Waals surface area contributed by atoms with Gasteiger partial charge in [-0.05, 0) is 6.92 Å². The molecule has 8 N–H and O–H groups in total. The number of carboxylic acid groups (broad SMARTS) is 1. The van der Waals surface area contributed by atoms with Crippen LogP contribution in [-0.4, -0.2) is 95.4 Å². The zero-order valence-electron chi connectivity index (χ0n) is 19.3. The molecule has 2 aromatic rings. The molecule has 1 aromatic heterocycles. The minimum atomic E-state index is -4.80. The first-order valence-electron chi connectivity index (χ1n) is 10.7. The second-order valence-corrected chi connectivity index (χ2v) is 10.6. The fourth-order valence-corrected chi connectivity index (χ4v) is 5.58. The van der Waals surface area contributed by atoms with E-state index in [0.717, 1.165) is 12.1 Å². The van der Waals surface area contributed by atoms with Crippen molar-refractivity contribution in [2.24, 2.45) is 10.9 Å². The summed E-state index contributed by atoms with van der Waals surface area (Å²) >= 11 is 1.25. The number of nitrogens with zero attached hydrogens (tertiary/aromatic N) is 4. The number of β-lactam (4-membered cyclic amide) rings is 1. The lowest BCUT2D eigenvalue weighted by molar-refractivity contribution is -0.144. The van der Waals surface area contributed by atoms with Gasteiger partial charge in [-0.25, -0.2) is 19.1 Å². The van der Waals surface area contributed by atoms with Gasteiger partial charge in [-0.15, -0.1) is 11.8 Å². The van der Waals surface area contributed by atoms with Crippen LogP contribution in [0.5, 0.6) is 11.5 Å². The molecule has 2 aliphatic rings. The minimum Gasteiger partial charge on any atom is -0.504 e. The Hall–Kier alpha value is -3.78. The van der Waals surface area contributed by atoms with Crippen LogP contribution in [0.15, 0.2) is 17.3 Å². The lowest BCUT2D eigenvalue weighted by Gasteiger charge is -2.42. The van der Waals surface area contributed by atoms with E-state index in [1.807, 2.05) is 0 Å². The molecule has 204 valence electrons. The molecule has 2 amide bonds. The lowest BCUT2D eigenvalue weighted by Crippen LogP contribution is -2.71. The number of phenolic OH excluding ortho intramolecular Hbond substituents is 2. The third-order valence-electron chi connectivity index (χ3n) is 5.64. The van der Waals surface area contributed by atoms with Gasteiger partial charge in [-0.3, -0.25) is 19.5 Å². The molecule has 2 unspecified atom stereocenters. The fourth-order valence-electron chi connectivity index (χ4n) is 3.79. The number of benzene rings is 1. The van der Waals surface area contributed by atoms with Crippen molar-refractivity contribution in [3.63, 3.8) is 0 Å². The molecule has 0 saturated carbocycles. The maximum absolute atomic E-state index is 13.0. The number of hydrogen-bond donors (Lipinski definition) is 7. The predicted molar refractivity (Wildman–Crippen MR) is 129 cm³/mol. The summed E-state index contributed by atoms with van der Waals surface area (Å²) in [7, 11) is -4.80. The number of rotatable bonds is 8. The van der Waals surface area contributed by atoms with Crippen LogP contribution in [0.25, 0.3) is 11.0 Å². The Balaban J connectivity index is 1.57. The summed E-state index contributed by atoms with van der Waals surface area (Å²) in [6.45, 7) is 0.723. The smallest absolute Gasteiger partial charge is 0.362 e. The highest BCUT2D eigenvalue weighted by atomic mass is 32.2. The lowest BCUT2D eigenvalue weighted by atomic mass is 10.0. The van der Waals surface area contributed by atoms with E-state index >= 15 is 0 Å². The number of thioether (sulfide) groups is 1. The van der Waals surface area contributed by atoms with Gasteiger partial charge < -0.3 is 31.2 Å². The van der Waals surface area contributed by atoms with Crippen molar-refractivity contribution in [2.75, 3.05) is 5.75 Å². The first-order chi connectivity index (χ1) is 17.8. The number of hydrogen-bond acceptors (Lipinski definition) is 14. The molecule has 4 rings (SSSR count). The van der Waals surface area contributed by atoms with Crippen LogP contribution in [0, 0.1) is 0 Å². The first-order valence-corrected chi connectivity index (χ1v) is 13.1. The number of fused-ring (bicyclic) bond motifs is 1. The van der Waals surface area contributed by atoms with Gasteiger partial charge in [-0.2, -0.15) is 8.42 Å². The van der Waals surface area contributed by atoms with Crippen LogP contribution in [0.4, 0.5) is 0 Å². The van der Waals surface area contributed by atoms with E-state index in [4.69, 9.17) is 15.1 Å². The van der Waals surface area contributed by atoms with Crippen molar-refractivity contribution in [2.45, 2.75) is 37.2 Å². The highest BCUT2D eigenvalue weighted by Crippen LogP contribution is 2.29. The number of nitrogens with two attached hydrogens (primary N) is 1. The predicted octanol–water partition coefficient (Wildman–Crippen LogP) is -1.92. The summed E-state index contributed by atoms with van der Waals surface area (Å²) in [4.78, 5) is 50.1. The van der Waals surface area contributed by atoms with E-state index in [2.05, 4.69) is 25.8 Å². The summed E-state index contributed by atoms with van der Waals surface area (Å²) in [6.07, 6.45) is 0. The topological polar surface area (TPSA) is 267 Å². The van der Waals surface area contributed by atoms with Crippen molar-refractivity contribution in [1.29, 1.82) is 0 Å². The highest BCUT2D eigenvalue weighted by Gasteiger charge is 2.52. The van der Waals surface area contributed by atoms with Gasteiger partial charge in [0.15, 0.2) is 29.5 Å². The Kier molecular flexibility index (Phi) is 7.30. The number of aromatic carboxylic acids is 1. The number of carboxylic acids is 1. The maximum atomic E-state index is 13.0. The minimum absolute atomic E-state index is 0.00981. The molecule has 2 saturated heterocycles. The molecular weight excluding hydrogens is 550 g/mol. The summed E-state index contributed by atoms with van der Waals surface area (Å²) in [5.74, 6) is -4.17. The zero-order valence-corrected chi connectivity index (χ0v) is 20.9. The van der Waals surface area contributed by atoms with E-state index < -0.39 is 75.5 Å². The monoisotopic (exact) mass is 571 g/mol. The molecular formula is C19H21N7O10S2. The molecule has 0 radical (unpaired) electrons. The van der Waals surface area contributed by atoms with Crippen LogP contribution in [0.1, 0.15) is 23.1 Å². The molecule has 1 aromatic carbocycles. The van der Waals surface area contributed by atoms with Crippen molar-refractivity contribution in [1.82, 2.24) is 24.9 Å². The quantitative estimate of drug-likeness (QED) is 0.0598. The summed E-state index contributed by atoms with van der Waals surface area (Å²) < 4.78 is 32.0. The molecule has 0 bridgehead atoms. The van der Waals surface area contributed by atoms with Gasteiger partial charge in [0.25, 0.3) is 11.8 Å². The number of oxime groups is 1. The number of aromatic nitrogens is 2. The van der Waals surface area contributed by atoms with Crippen LogP contribution >= 0.6 is 11.8 Å². The van der Waals surface area contributed by atoms with Gasteiger partial charge >= 0.3 is 16.3 Å². The number of nitrogens with one attached hydrogen (secondary N) is 2. The number of aromatic hydroxyl groups is 2. The third-order valence-corrected chi connectivity index (χ3v) is 7.67. The summed E-state index contributed by atoms with van der Waals surface area (Å²) in [6, 6.07) is -0.985. The second kappa shape index (κ2) is 10.2. The normalized spacial score (nSPS) is 23.8. The van der Waals surface area contributed by atoms with Gasteiger partial charge in [-0.1, -0.05) is 5.16 Å². The van der Waals surface area contributed by atoms with Crippen LogP contribution in [0.2, 0.25) is 0 Å². The molecule has 0 spiro atoms. The molecule has 19 heteroatoms. The second-order valence-electron chi connectivity index (χ2n) is 8.18. The Bertz CT molecular complexity index is 1470. The van der Waals surface area contributed by atoms with Gasteiger partial charge in [0, 0.05) is 17.9 Å². The summed E-state index contributed by atoms with van der Waals surface area (Å²) in [5.41, 5.74) is 4.28. The van der Waals surface area contributed by atoms with Gasteiger partial charge in [0.2, 0.25) is 0 Å². The summed E-state index contributed by atoms with van der Waals surface area (Å²) in [5, 5.41) is 37.9. The number of phenols is 2. The Labute approximate surface area is 217 Å². The Morgan fingerprint density at radius 2 is 1.92 bits per heavy atom. The van der Waals surface area contributed by atoms with Gasteiger partial charge in [0.05, 0.1) is 23.1 Å². The number of carbonyl (C=O) groups is 3. The Morgan fingerprint density at radius 3 is 2.45 bits per heavy atom. The molecule has 3 heterocycles. The largest absolute Gasteiger partial charge is 0.504 e. The maximum Gasteiger partial charge on any atom is 0.362 e. The van der Waals surface area contributed by atoms with E-state index in [0.29, 0.717) is 0 Å². The molecule has 0 aliphatic carbocycles. The van der Waals surface area contributed by atoms with Crippen molar-refractivity contribution in [3.05, 3.63) is 23.5 Å². The van der Waals surface area contributed by atoms with Crippen LogP contribution < -0.4 is 16.4 Å². The van der Waals surface area contributed by atoms with Crippen LogP contribution in [-0.2, 0) is 31.3 Å². The highest BCUT2D eigenvalue weighted by molar-refractivity contribution is 8.00. The standard InChI is InChI=1S/C19H21N7O10S2/c1-6-13(17(30)26(6)38(33,34)35)24-16(29)14(10-5-37-19(20)23-10)25-36-4-9-15(18(31)32)22-8-3-12(28)11(27)2-7(8)21-9/h2-3,6,10,13,19,23,27-28H,4-5,20H2,1H3,(H,24,29)(H,31,32)(H,33,34,35)/t6-,10?,13+,19?/m1/s1. The first kappa shape index (κ1) is 27.3. The van der Waals surface area contributed by atoms with Crippen molar-refractivity contribution >= 4 is 56.6 Å². The molecule has 17 nitrogen and oxygen atoms in total. The van der Waals surface area contributed by atoms with Gasteiger partial charge in [0.1, 0.15) is 17.2 Å². The SMILES string of the molecule is C[C@@H]1[C@H](NC(=O)C(=NOCc2nc3cc(O)c(O)cc3nc2C(=O)O)C2CSC(N)N2)C(=O)N1S(=O)(=O)O. The Morgan fingerprint density at radius 1 is 1.29 bits per heavy atom. The molecule has 4 atom stereocenters. The molecule has 38 heavy (non-hydrogen) atoms. The zero-order chi connectivity index (χ0) is 27.9. The molecule has 2 aliphatic heterocycles. The van der Waals surface area contributed by atoms with Crippen molar-refractivity contribution in [3.8, 4) is 11.5 Å². The third kappa shape index (κ3) is 5.27.